The predicted molar refractivity (Wildman–Crippen MR) is 134 cm³/mol. The van der Waals surface area contributed by atoms with Crippen LogP contribution in [0.1, 0.15) is 35.2 Å². The number of hydrogen-bond donors (Lipinski definition) is 1. The summed E-state index contributed by atoms with van der Waals surface area (Å²) in [5.41, 5.74) is 6.53. The Labute approximate surface area is 203 Å². The molecule has 0 saturated carbocycles. The van der Waals surface area contributed by atoms with Crippen molar-refractivity contribution in [3.05, 3.63) is 123 Å². The molecule has 2 aromatic heterocycles. The third kappa shape index (κ3) is 4.93. The SMILES string of the molecule is Cc1nc2ccccn2c(=O)c1CC[NH+]1CCC(=C(c2ccc(F)cc2)c2ccc(F)cc2)CC1. The third-order valence-corrected chi connectivity index (χ3v) is 6.94. The highest BCUT2D eigenvalue weighted by molar-refractivity contribution is 5.82. The number of pyridine rings is 1. The van der Waals surface area contributed by atoms with E-state index in [9.17, 15) is 13.6 Å². The van der Waals surface area contributed by atoms with Crippen LogP contribution >= 0.6 is 0 Å². The fourth-order valence-corrected chi connectivity index (χ4v) is 5.04. The van der Waals surface area contributed by atoms with Crippen LogP contribution in [0.3, 0.4) is 0 Å². The number of likely N-dealkylation sites (tertiary alicyclic amines) is 1. The predicted octanol–water partition coefficient (Wildman–Crippen LogP) is 4.00. The maximum absolute atomic E-state index is 13.6. The molecule has 1 N–H and O–H groups in total. The molecule has 0 radical (unpaired) electrons. The lowest BCUT2D eigenvalue weighted by atomic mass is 9.88. The van der Waals surface area contributed by atoms with Crippen molar-refractivity contribution in [3.63, 3.8) is 0 Å². The average Bonchev–Trinajstić information content (AvgIpc) is 2.87. The quantitative estimate of drug-likeness (QED) is 0.477. The van der Waals surface area contributed by atoms with E-state index in [2.05, 4.69) is 4.98 Å². The molecule has 4 aromatic rings. The van der Waals surface area contributed by atoms with Crippen LogP contribution in [0.4, 0.5) is 8.78 Å². The maximum Gasteiger partial charge on any atom is 0.261 e. The van der Waals surface area contributed by atoms with E-state index in [0.717, 1.165) is 60.4 Å². The molecule has 6 heteroatoms. The first-order valence-corrected chi connectivity index (χ1v) is 12.0. The Kier molecular flexibility index (Phi) is 6.55. The number of nitrogens with zero attached hydrogens (tertiary/aromatic N) is 2. The van der Waals surface area contributed by atoms with Gasteiger partial charge >= 0.3 is 0 Å². The Morgan fingerprint density at radius 2 is 1.51 bits per heavy atom. The van der Waals surface area contributed by atoms with Gasteiger partial charge in [-0.1, -0.05) is 35.9 Å². The molecule has 1 aliphatic heterocycles. The van der Waals surface area contributed by atoms with Crippen molar-refractivity contribution >= 4 is 11.2 Å². The highest BCUT2D eigenvalue weighted by Gasteiger charge is 2.22. The largest absolute Gasteiger partial charge is 0.334 e. The summed E-state index contributed by atoms with van der Waals surface area (Å²) in [7, 11) is 0. The van der Waals surface area contributed by atoms with E-state index in [4.69, 9.17) is 0 Å². The number of benzene rings is 2. The molecule has 5 rings (SSSR count). The van der Waals surface area contributed by atoms with Gasteiger partial charge in [0.15, 0.2) is 0 Å². The van der Waals surface area contributed by atoms with Gasteiger partial charge in [0.05, 0.1) is 19.6 Å². The summed E-state index contributed by atoms with van der Waals surface area (Å²) in [6.07, 6.45) is 4.25. The van der Waals surface area contributed by atoms with Crippen LogP contribution in [-0.4, -0.2) is 29.0 Å². The lowest BCUT2D eigenvalue weighted by molar-refractivity contribution is -0.902. The Hall–Kier alpha value is -3.64. The fraction of sp³-hybridized carbons (Fsp3) is 0.241. The first kappa shape index (κ1) is 23.1. The Balaban J connectivity index is 1.35. The number of piperidine rings is 1. The molecule has 3 heterocycles. The van der Waals surface area contributed by atoms with Crippen LogP contribution in [0.15, 0.2) is 83.3 Å². The van der Waals surface area contributed by atoms with Crippen LogP contribution in [-0.2, 0) is 6.42 Å². The molecule has 0 unspecified atom stereocenters. The van der Waals surface area contributed by atoms with E-state index < -0.39 is 0 Å². The second kappa shape index (κ2) is 9.92. The molecule has 178 valence electrons. The third-order valence-electron chi connectivity index (χ3n) is 6.94. The first-order chi connectivity index (χ1) is 17.0. The first-order valence-electron chi connectivity index (χ1n) is 12.0. The molecule has 0 aliphatic carbocycles. The van der Waals surface area contributed by atoms with E-state index in [1.54, 1.807) is 34.9 Å². The van der Waals surface area contributed by atoms with Crippen LogP contribution in [0, 0.1) is 18.6 Å². The Morgan fingerprint density at radius 1 is 0.914 bits per heavy atom. The molecule has 0 spiro atoms. The minimum absolute atomic E-state index is 0.0139. The monoisotopic (exact) mass is 472 g/mol. The number of aromatic nitrogens is 2. The van der Waals surface area contributed by atoms with Gasteiger partial charge in [-0.3, -0.25) is 9.20 Å². The zero-order chi connectivity index (χ0) is 24.4. The van der Waals surface area contributed by atoms with Crippen molar-refractivity contribution in [1.82, 2.24) is 9.38 Å². The van der Waals surface area contributed by atoms with Crippen molar-refractivity contribution in [2.45, 2.75) is 26.2 Å². The topological polar surface area (TPSA) is 38.8 Å². The lowest BCUT2D eigenvalue weighted by Gasteiger charge is -2.28. The highest BCUT2D eigenvalue weighted by Crippen LogP contribution is 2.31. The van der Waals surface area contributed by atoms with E-state index in [1.807, 2.05) is 25.1 Å². The summed E-state index contributed by atoms with van der Waals surface area (Å²) in [6, 6.07) is 18.6. The molecule has 2 aromatic carbocycles. The zero-order valence-electron chi connectivity index (χ0n) is 19.7. The van der Waals surface area contributed by atoms with Gasteiger partial charge in [-0.25, -0.2) is 13.8 Å². The second-order valence-corrected chi connectivity index (χ2v) is 9.15. The van der Waals surface area contributed by atoms with Gasteiger partial charge in [-0.05, 0) is 60.0 Å². The Morgan fingerprint density at radius 3 is 2.11 bits per heavy atom. The lowest BCUT2D eigenvalue weighted by Crippen LogP contribution is -3.13. The van der Waals surface area contributed by atoms with Crippen molar-refractivity contribution in [2.24, 2.45) is 0 Å². The smallest absolute Gasteiger partial charge is 0.261 e. The summed E-state index contributed by atoms with van der Waals surface area (Å²) >= 11 is 0. The number of halogens is 2. The molecule has 0 bridgehead atoms. The number of nitrogens with one attached hydrogen (secondary N) is 1. The number of fused-ring (bicyclic) bond motifs is 1. The molecule has 1 aliphatic rings. The summed E-state index contributed by atoms with van der Waals surface area (Å²) in [5.74, 6) is -0.545. The van der Waals surface area contributed by atoms with Gasteiger partial charge in [0.2, 0.25) is 0 Å². The molecule has 0 atom stereocenters. The van der Waals surface area contributed by atoms with Crippen molar-refractivity contribution in [1.29, 1.82) is 0 Å². The van der Waals surface area contributed by atoms with Gasteiger partial charge in [0, 0.05) is 36.7 Å². The molecule has 1 fully saturated rings. The van der Waals surface area contributed by atoms with Crippen molar-refractivity contribution < 1.29 is 13.7 Å². The number of hydrogen-bond acceptors (Lipinski definition) is 2. The van der Waals surface area contributed by atoms with E-state index >= 15 is 0 Å². The molecule has 0 amide bonds. The number of quaternary nitrogens is 1. The van der Waals surface area contributed by atoms with Crippen molar-refractivity contribution in [3.8, 4) is 0 Å². The molecular weight excluding hydrogens is 444 g/mol. The van der Waals surface area contributed by atoms with E-state index in [-0.39, 0.29) is 17.2 Å². The fourth-order valence-electron chi connectivity index (χ4n) is 5.04. The minimum atomic E-state index is -0.272. The summed E-state index contributed by atoms with van der Waals surface area (Å²) in [4.78, 5) is 19.0. The van der Waals surface area contributed by atoms with Gasteiger partial charge in [-0.2, -0.15) is 0 Å². The standard InChI is InChI=1S/C29H27F2N3O/c1-20-26(29(35)34-16-3-2-4-27(34)32-20)15-19-33-17-13-23(14-18-33)28(21-5-9-24(30)10-6-21)22-7-11-25(31)12-8-22/h2-12,16H,13-15,17-19H2,1H3/p+1. The molecular formula is C29H28F2N3O+. The van der Waals surface area contributed by atoms with Crippen molar-refractivity contribution in [2.75, 3.05) is 19.6 Å². The van der Waals surface area contributed by atoms with Gasteiger partial charge in [0.25, 0.3) is 5.56 Å². The molecule has 35 heavy (non-hydrogen) atoms. The van der Waals surface area contributed by atoms with Gasteiger partial charge < -0.3 is 4.90 Å². The van der Waals surface area contributed by atoms with Crippen LogP contribution in [0.2, 0.25) is 0 Å². The average molecular weight is 473 g/mol. The van der Waals surface area contributed by atoms with Crippen LogP contribution in [0.25, 0.3) is 11.2 Å². The van der Waals surface area contributed by atoms with E-state index in [0.29, 0.717) is 12.1 Å². The summed E-state index contributed by atoms with van der Waals surface area (Å²) in [5, 5.41) is 0. The van der Waals surface area contributed by atoms with E-state index in [1.165, 1.54) is 34.7 Å². The highest BCUT2D eigenvalue weighted by atomic mass is 19.1. The summed E-state index contributed by atoms with van der Waals surface area (Å²) in [6.45, 7) is 4.67. The van der Waals surface area contributed by atoms with Gasteiger partial charge in [0.1, 0.15) is 17.3 Å². The normalized spacial score (nSPS) is 16.0. The Bertz CT molecular complexity index is 1380. The van der Waals surface area contributed by atoms with Crippen LogP contribution < -0.4 is 10.5 Å². The van der Waals surface area contributed by atoms with Gasteiger partial charge in [-0.15, -0.1) is 0 Å². The molecule has 4 nitrogen and oxygen atoms in total. The zero-order valence-corrected chi connectivity index (χ0v) is 19.7. The number of aryl methyl sites for hydroxylation is 1. The molecule has 1 saturated heterocycles. The van der Waals surface area contributed by atoms with Crippen LogP contribution in [0.5, 0.6) is 0 Å². The summed E-state index contributed by atoms with van der Waals surface area (Å²) < 4.78 is 28.8. The maximum atomic E-state index is 13.6. The number of rotatable bonds is 5. The minimum Gasteiger partial charge on any atom is -0.334 e. The second-order valence-electron chi connectivity index (χ2n) is 9.15.